The van der Waals surface area contributed by atoms with E-state index in [4.69, 9.17) is 4.98 Å². The molecule has 1 aliphatic rings. The maximum atomic E-state index is 4.78. The second-order valence-corrected chi connectivity index (χ2v) is 6.33. The predicted molar refractivity (Wildman–Crippen MR) is 89.8 cm³/mol. The van der Waals surface area contributed by atoms with E-state index in [0.29, 0.717) is 12.1 Å². The largest absolute Gasteiger partial charge is 0.358 e. The lowest BCUT2D eigenvalue weighted by molar-refractivity contribution is 0.270. The Morgan fingerprint density at radius 3 is 2.95 bits per heavy atom. The highest BCUT2D eigenvalue weighted by molar-refractivity contribution is 5.38. The van der Waals surface area contributed by atoms with Crippen LogP contribution in [-0.4, -0.2) is 48.6 Å². The highest BCUT2D eigenvalue weighted by Crippen LogP contribution is 2.19. The number of nitrogens with zero attached hydrogens (tertiary/aromatic N) is 3. The van der Waals surface area contributed by atoms with E-state index in [2.05, 4.69) is 61.1 Å². The Kier molecular flexibility index (Phi) is 6.00. The maximum absolute atomic E-state index is 4.78. The summed E-state index contributed by atoms with van der Waals surface area (Å²) < 4.78 is 0. The fourth-order valence-electron chi connectivity index (χ4n) is 3.01. The Labute approximate surface area is 129 Å². The van der Waals surface area contributed by atoms with E-state index in [9.17, 15) is 0 Å². The molecule has 0 spiro atoms. The molecular formula is C17H30N4. The SMILES string of the molecule is CCN1CCCC1CN(C)c1cccc(CNC(C)C)n1. The second-order valence-electron chi connectivity index (χ2n) is 6.33. The van der Waals surface area contributed by atoms with Crippen LogP contribution in [0.3, 0.4) is 0 Å². The van der Waals surface area contributed by atoms with Crippen molar-refractivity contribution >= 4 is 5.82 Å². The van der Waals surface area contributed by atoms with Crippen molar-refractivity contribution in [1.82, 2.24) is 15.2 Å². The first-order chi connectivity index (χ1) is 10.1. The molecule has 1 atom stereocenters. The average molecular weight is 290 g/mol. The summed E-state index contributed by atoms with van der Waals surface area (Å²) in [5.41, 5.74) is 1.12. The first-order valence-electron chi connectivity index (χ1n) is 8.24. The summed E-state index contributed by atoms with van der Waals surface area (Å²) >= 11 is 0. The average Bonchev–Trinajstić information content (AvgIpc) is 2.92. The molecule has 1 aromatic rings. The molecular weight excluding hydrogens is 260 g/mol. The molecule has 0 amide bonds. The highest BCUT2D eigenvalue weighted by Gasteiger charge is 2.24. The van der Waals surface area contributed by atoms with Gasteiger partial charge in [0.1, 0.15) is 5.82 Å². The molecule has 0 aromatic carbocycles. The van der Waals surface area contributed by atoms with Gasteiger partial charge in [0.15, 0.2) is 0 Å². The van der Waals surface area contributed by atoms with E-state index in [1.807, 2.05) is 0 Å². The van der Waals surface area contributed by atoms with Crippen LogP contribution < -0.4 is 10.2 Å². The van der Waals surface area contributed by atoms with Crippen molar-refractivity contribution in [1.29, 1.82) is 0 Å². The number of anilines is 1. The third-order valence-corrected chi connectivity index (χ3v) is 4.26. The van der Waals surface area contributed by atoms with E-state index in [1.54, 1.807) is 0 Å². The number of nitrogens with one attached hydrogen (secondary N) is 1. The molecule has 2 rings (SSSR count). The van der Waals surface area contributed by atoms with Crippen LogP contribution in [0.1, 0.15) is 39.3 Å². The highest BCUT2D eigenvalue weighted by atomic mass is 15.2. The molecule has 118 valence electrons. The molecule has 1 unspecified atom stereocenters. The van der Waals surface area contributed by atoms with Crippen LogP contribution in [0, 0.1) is 0 Å². The van der Waals surface area contributed by atoms with E-state index in [1.165, 1.54) is 19.4 Å². The first kappa shape index (κ1) is 16.2. The lowest BCUT2D eigenvalue weighted by Crippen LogP contribution is -2.39. The van der Waals surface area contributed by atoms with Crippen LogP contribution in [0.4, 0.5) is 5.82 Å². The van der Waals surface area contributed by atoms with Crippen molar-refractivity contribution < 1.29 is 0 Å². The Bertz CT molecular complexity index is 433. The van der Waals surface area contributed by atoms with Gasteiger partial charge in [0, 0.05) is 32.2 Å². The number of hydrogen-bond acceptors (Lipinski definition) is 4. The van der Waals surface area contributed by atoms with Crippen molar-refractivity contribution in [3.63, 3.8) is 0 Å². The van der Waals surface area contributed by atoms with Crippen molar-refractivity contribution in [3.8, 4) is 0 Å². The molecule has 1 saturated heterocycles. The zero-order chi connectivity index (χ0) is 15.2. The third kappa shape index (κ3) is 4.68. The van der Waals surface area contributed by atoms with Gasteiger partial charge < -0.3 is 10.2 Å². The molecule has 21 heavy (non-hydrogen) atoms. The summed E-state index contributed by atoms with van der Waals surface area (Å²) in [6.07, 6.45) is 2.64. The smallest absolute Gasteiger partial charge is 0.128 e. The van der Waals surface area contributed by atoms with Gasteiger partial charge in [0.05, 0.1) is 5.69 Å². The molecule has 1 N–H and O–H groups in total. The van der Waals surface area contributed by atoms with Gasteiger partial charge in [-0.05, 0) is 38.1 Å². The molecule has 0 saturated carbocycles. The fraction of sp³-hybridized carbons (Fsp3) is 0.706. The number of aromatic nitrogens is 1. The summed E-state index contributed by atoms with van der Waals surface area (Å²) in [6.45, 7) is 10.9. The van der Waals surface area contributed by atoms with Gasteiger partial charge in [-0.25, -0.2) is 4.98 Å². The zero-order valence-electron chi connectivity index (χ0n) is 14.0. The normalized spacial score (nSPS) is 19.4. The lowest BCUT2D eigenvalue weighted by atomic mass is 10.2. The number of pyridine rings is 1. The van der Waals surface area contributed by atoms with Crippen LogP contribution in [0.25, 0.3) is 0 Å². The van der Waals surface area contributed by atoms with Crippen molar-refractivity contribution in [2.45, 2.75) is 52.2 Å². The van der Waals surface area contributed by atoms with Crippen molar-refractivity contribution in [3.05, 3.63) is 23.9 Å². The third-order valence-electron chi connectivity index (χ3n) is 4.26. The number of hydrogen-bond donors (Lipinski definition) is 1. The minimum Gasteiger partial charge on any atom is -0.358 e. The molecule has 1 aromatic heterocycles. The monoisotopic (exact) mass is 290 g/mol. The molecule has 4 heteroatoms. The minimum atomic E-state index is 0.491. The molecule has 1 fully saturated rings. The summed E-state index contributed by atoms with van der Waals surface area (Å²) in [5.74, 6) is 1.08. The van der Waals surface area contributed by atoms with Gasteiger partial charge in [0.25, 0.3) is 0 Å². The topological polar surface area (TPSA) is 31.4 Å². The van der Waals surface area contributed by atoms with Crippen molar-refractivity contribution in [2.24, 2.45) is 0 Å². The van der Waals surface area contributed by atoms with Crippen LogP contribution in [-0.2, 0) is 6.54 Å². The fourth-order valence-corrected chi connectivity index (χ4v) is 3.01. The summed E-state index contributed by atoms with van der Waals surface area (Å²) in [5, 5.41) is 3.43. The second kappa shape index (κ2) is 7.76. The Balaban J connectivity index is 1.95. The molecule has 0 radical (unpaired) electrons. The summed E-state index contributed by atoms with van der Waals surface area (Å²) in [7, 11) is 2.16. The van der Waals surface area contributed by atoms with E-state index < -0.39 is 0 Å². The zero-order valence-corrected chi connectivity index (χ0v) is 14.0. The van der Waals surface area contributed by atoms with Gasteiger partial charge >= 0.3 is 0 Å². The Hall–Kier alpha value is -1.13. The molecule has 0 bridgehead atoms. The van der Waals surface area contributed by atoms with E-state index >= 15 is 0 Å². The van der Waals surface area contributed by atoms with Gasteiger partial charge in [-0.3, -0.25) is 4.90 Å². The summed E-state index contributed by atoms with van der Waals surface area (Å²) in [4.78, 5) is 9.67. The lowest BCUT2D eigenvalue weighted by Gasteiger charge is -2.28. The number of rotatable bonds is 7. The number of likely N-dealkylation sites (tertiary alicyclic amines) is 1. The quantitative estimate of drug-likeness (QED) is 0.836. The standard InChI is InChI=1S/C17H30N4/c1-5-21-11-7-9-16(21)13-20(4)17-10-6-8-15(19-17)12-18-14(2)3/h6,8,10,14,16,18H,5,7,9,11-13H2,1-4H3. The van der Waals surface area contributed by atoms with Crippen LogP contribution in [0.2, 0.25) is 0 Å². The maximum Gasteiger partial charge on any atom is 0.128 e. The van der Waals surface area contributed by atoms with Gasteiger partial charge in [-0.1, -0.05) is 26.8 Å². The van der Waals surface area contributed by atoms with E-state index in [-0.39, 0.29) is 0 Å². The van der Waals surface area contributed by atoms with E-state index in [0.717, 1.165) is 31.1 Å². The first-order valence-corrected chi connectivity index (χ1v) is 8.24. The van der Waals surface area contributed by atoms with Crippen LogP contribution >= 0.6 is 0 Å². The van der Waals surface area contributed by atoms with Crippen LogP contribution in [0.15, 0.2) is 18.2 Å². The Morgan fingerprint density at radius 2 is 2.24 bits per heavy atom. The molecule has 0 aliphatic carbocycles. The van der Waals surface area contributed by atoms with Gasteiger partial charge in [0.2, 0.25) is 0 Å². The molecule has 4 nitrogen and oxygen atoms in total. The van der Waals surface area contributed by atoms with Gasteiger partial charge in [-0.15, -0.1) is 0 Å². The van der Waals surface area contributed by atoms with Crippen molar-refractivity contribution in [2.75, 3.05) is 31.6 Å². The molecule has 1 aliphatic heterocycles. The predicted octanol–water partition coefficient (Wildman–Crippen LogP) is 2.50. The number of likely N-dealkylation sites (N-methyl/N-ethyl adjacent to an activating group) is 2. The van der Waals surface area contributed by atoms with Crippen LogP contribution in [0.5, 0.6) is 0 Å². The molecule has 2 heterocycles. The van der Waals surface area contributed by atoms with Gasteiger partial charge in [-0.2, -0.15) is 0 Å². The summed E-state index contributed by atoms with van der Waals surface area (Å²) in [6, 6.07) is 7.50. The Morgan fingerprint density at radius 1 is 1.43 bits per heavy atom. The minimum absolute atomic E-state index is 0.491.